The number of hydrogen-bond donors (Lipinski definition) is 3. The predicted molar refractivity (Wildman–Crippen MR) is 69.6 cm³/mol. The van der Waals surface area contributed by atoms with Crippen molar-refractivity contribution in [2.75, 3.05) is 11.9 Å². The fraction of sp³-hybridized carbons (Fsp3) is 0.385. The Morgan fingerprint density at radius 3 is 2.72 bits per heavy atom. The number of amides is 1. The maximum atomic E-state index is 11.6. The summed E-state index contributed by atoms with van der Waals surface area (Å²) >= 11 is 0. The Kier molecular flexibility index (Phi) is 5.32. The van der Waals surface area contributed by atoms with Gasteiger partial charge in [-0.15, -0.1) is 0 Å². The number of rotatable bonds is 6. The first kappa shape index (κ1) is 14.2. The number of hydrogen-bond acceptors (Lipinski definition) is 3. The summed E-state index contributed by atoms with van der Waals surface area (Å²) in [5.74, 6) is -1.23. The van der Waals surface area contributed by atoms with Crippen LogP contribution in [0.25, 0.3) is 0 Å². The second kappa shape index (κ2) is 6.76. The number of benzene rings is 1. The number of carboxylic acid groups (broad SMARTS) is 1. The van der Waals surface area contributed by atoms with Crippen LogP contribution in [-0.2, 0) is 16.0 Å². The number of aliphatic carboxylic acids is 1. The molecular formula is C13H18N2O3. The van der Waals surface area contributed by atoms with Crippen molar-refractivity contribution in [2.24, 2.45) is 0 Å². The van der Waals surface area contributed by atoms with Crippen molar-refractivity contribution in [3.8, 4) is 0 Å². The largest absolute Gasteiger partial charge is 0.480 e. The quantitative estimate of drug-likeness (QED) is 0.710. The van der Waals surface area contributed by atoms with E-state index in [4.69, 9.17) is 5.11 Å². The zero-order valence-electron chi connectivity index (χ0n) is 10.6. The van der Waals surface area contributed by atoms with E-state index in [-0.39, 0.29) is 12.5 Å². The lowest BCUT2D eigenvalue weighted by Gasteiger charge is -2.10. The third-order valence-electron chi connectivity index (χ3n) is 2.56. The first-order valence-corrected chi connectivity index (χ1v) is 5.88. The molecule has 1 aromatic carbocycles. The molecule has 0 bridgehead atoms. The lowest BCUT2D eigenvalue weighted by atomic mass is 10.1. The van der Waals surface area contributed by atoms with Crippen LogP contribution < -0.4 is 10.6 Å². The van der Waals surface area contributed by atoms with Crippen LogP contribution in [0, 0.1) is 0 Å². The van der Waals surface area contributed by atoms with Crippen molar-refractivity contribution in [1.29, 1.82) is 0 Å². The summed E-state index contributed by atoms with van der Waals surface area (Å²) in [5, 5.41) is 14.0. The molecule has 1 amide bonds. The lowest BCUT2D eigenvalue weighted by Crippen LogP contribution is -2.39. The standard InChI is InChI=1S/C13H18N2O3/c1-3-10-5-4-6-11(7-10)15-12(16)8-14-9(2)13(17)18/h4-7,9,14H,3,8H2,1-2H3,(H,15,16)(H,17,18)/t9-/m0/s1. The third-order valence-corrected chi connectivity index (χ3v) is 2.56. The van der Waals surface area contributed by atoms with Gasteiger partial charge in [-0.25, -0.2) is 0 Å². The molecule has 0 aliphatic rings. The summed E-state index contributed by atoms with van der Waals surface area (Å²) in [6.07, 6.45) is 0.901. The van der Waals surface area contributed by atoms with Gasteiger partial charge in [-0.2, -0.15) is 0 Å². The molecule has 1 aromatic rings. The molecule has 0 heterocycles. The van der Waals surface area contributed by atoms with Gasteiger partial charge in [0.25, 0.3) is 0 Å². The third kappa shape index (κ3) is 4.55. The molecule has 5 heteroatoms. The van der Waals surface area contributed by atoms with Gasteiger partial charge < -0.3 is 10.4 Å². The Morgan fingerprint density at radius 2 is 2.11 bits per heavy atom. The highest BCUT2D eigenvalue weighted by Gasteiger charge is 2.11. The maximum Gasteiger partial charge on any atom is 0.320 e. The van der Waals surface area contributed by atoms with Crippen LogP contribution >= 0.6 is 0 Å². The average molecular weight is 250 g/mol. The average Bonchev–Trinajstić information content (AvgIpc) is 2.36. The van der Waals surface area contributed by atoms with E-state index >= 15 is 0 Å². The predicted octanol–water partition coefficient (Wildman–Crippen LogP) is 1.25. The van der Waals surface area contributed by atoms with Gasteiger partial charge in [-0.05, 0) is 31.0 Å². The number of carbonyl (C=O) groups excluding carboxylic acids is 1. The first-order chi connectivity index (χ1) is 8.52. The van der Waals surface area contributed by atoms with Gasteiger partial charge in [0.2, 0.25) is 5.91 Å². The summed E-state index contributed by atoms with van der Waals surface area (Å²) < 4.78 is 0. The number of aryl methyl sites for hydroxylation is 1. The maximum absolute atomic E-state index is 11.6. The number of carboxylic acids is 1. The van der Waals surface area contributed by atoms with Crippen LogP contribution in [0.3, 0.4) is 0 Å². The molecule has 0 aromatic heterocycles. The highest BCUT2D eigenvalue weighted by atomic mass is 16.4. The van der Waals surface area contributed by atoms with Crippen LogP contribution in [0.5, 0.6) is 0 Å². The molecule has 0 aliphatic heterocycles. The van der Waals surface area contributed by atoms with E-state index in [9.17, 15) is 9.59 Å². The molecule has 0 unspecified atom stereocenters. The fourth-order valence-corrected chi connectivity index (χ4v) is 1.41. The summed E-state index contributed by atoms with van der Waals surface area (Å²) in [7, 11) is 0. The zero-order chi connectivity index (χ0) is 13.5. The molecule has 0 saturated carbocycles. The Morgan fingerprint density at radius 1 is 1.39 bits per heavy atom. The second-order valence-corrected chi connectivity index (χ2v) is 4.04. The van der Waals surface area contributed by atoms with Crippen molar-refractivity contribution < 1.29 is 14.7 Å². The van der Waals surface area contributed by atoms with E-state index in [1.807, 2.05) is 25.1 Å². The number of carbonyl (C=O) groups is 2. The molecule has 18 heavy (non-hydrogen) atoms. The lowest BCUT2D eigenvalue weighted by molar-refractivity contribution is -0.139. The molecule has 98 valence electrons. The van der Waals surface area contributed by atoms with E-state index in [0.717, 1.165) is 17.7 Å². The second-order valence-electron chi connectivity index (χ2n) is 4.04. The van der Waals surface area contributed by atoms with Crippen LogP contribution in [0.1, 0.15) is 19.4 Å². The zero-order valence-corrected chi connectivity index (χ0v) is 10.6. The van der Waals surface area contributed by atoms with Gasteiger partial charge in [-0.1, -0.05) is 19.1 Å². The summed E-state index contributed by atoms with van der Waals surface area (Å²) in [6.45, 7) is 3.51. The van der Waals surface area contributed by atoms with E-state index in [0.29, 0.717) is 0 Å². The fourth-order valence-electron chi connectivity index (χ4n) is 1.41. The van der Waals surface area contributed by atoms with Crippen LogP contribution in [-0.4, -0.2) is 29.6 Å². The van der Waals surface area contributed by atoms with Crippen LogP contribution in [0.15, 0.2) is 24.3 Å². The van der Waals surface area contributed by atoms with Gasteiger partial charge in [-0.3, -0.25) is 14.9 Å². The normalized spacial score (nSPS) is 11.9. The van der Waals surface area contributed by atoms with Crippen molar-refractivity contribution >= 4 is 17.6 Å². The van der Waals surface area contributed by atoms with Gasteiger partial charge in [0.15, 0.2) is 0 Å². The van der Waals surface area contributed by atoms with Crippen LogP contribution in [0.2, 0.25) is 0 Å². The molecule has 5 nitrogen and oxygen atoms in total. The van der Waals surface area contributed by atoms with E-state index in [1.165, 1.54) is 6.92 Å². The van der Waals surface area contributed by atoms with Gasteiger partial charge >= 0.3 is 5.97 Å². The Balaban J connectivity index is 2.46. The molecule has 1 atom stereocenters. The van der Waals surface area contributed by atoms with Crippen molar-refractivity contribution in [1.82, 2.24) is 5.32 Å². The van der Waals surface area contributed by atoms with Crippen molar-refractivity contribution in [3.63, 3.8) is 0 Å². The minimum absolute atomic E-state index is 0.0240. The Labute approximate surface area is 106 Å². The smallest absolute Gasteiger partial charge is 0.320 e. The molecule has 0 fully saturated rings. The topological polar surface area (TPSA) is 78.4 Å². The van der Waals surface area contributed by atoms with Gasteiger partial charge in [0, 0.05) is 5.69 Å². The highest BCUT2D eigenvalue weighted by molar-refractivity contribution is 5.92. The van der Waals surface area contributed by atoms with E-state index in [1.54, 1.807) is 6.07 Å². The van der Waals surface area contributed by atoms with Gasteiger partial charge in [0.1, 0.15) is 6.04 Å². The molecule has 1 rings (SSSR count). The van der Waals surface area contributed by atoms with E-state index in [2.05, 4.69) is 10.6 Å². The SMILES string of the molecule is CCc1cccc(NC(=O)CN[C@@H](C)C(=O)O)c1. The molecule has 0 radical (unpaired) electrons. The molecule has 0 saturated heterocycles. The Bertz CT molecular complexity index is 432. The summed E-state index contributed by atoms with van der Waals surface area (Å²) in [4.78, 5) is 22.1. The molecule has 0 aliphatic carbocycles. The first-order valence-electron chi connectivity index (χ1n) is 5.88. The molecule has 3 N–H and O–H groups in total. The summed E-state index contributed by atoms with van der Waals surface area (Å²) in [5.41, 5.74) is 1.86. The number of nitrogens with one attached hydrogen (secondary N) is 2. The van der Waals surface area contributed by atoms with Crippen molar-refractivity contribution in [3.05, 3.63) is 29.8 Å². The Hall–Kier alpha value is -1.88. The number of anilines is 1. The minimum atomic E-state index is -0.976. The molecular weight excluding hydrogens is 232 g/mol. The molecule has 0 spiro atoms. The van der Waals surface area contributed by atoms with Gasteiger partial charge in [0.05, 0.1) is 6.54 Å². The van der Waals surface area contributed by atoms with Crippen LogP contribution in [0.4, 0.5) is 5.69 Å². The summed E-state index contributed by atoms with van der Waals surface area (Å²) in [6, 6.07) is 6.83. The van der Waals surface area contributed by atoms with Crippen molar-refractivity contribution in [2.45, 2.75) is 26.3 Å². The highest BCUT2D eigenvalue weighted by Crippen LogP contribution is 2.10. The monoisotopic (exact) mass is 250 g/mol. The minimum Gasteiger partial charge on any atom is -0.480 e. The van der Waals surface area contributed by atoms with E-state index < -0.39 is 12.0 Å².